The first-order chi connectivity index (χ1) is 7.40. The van der Waals surface area contributed by atoms with Gasteiger partial charge >= 0.3 is 0 Å². The van der Waals surface area contributed by atoms with E-state index in [1.807, 2.05) is 0 Å². The molecule has 0 fully saturated rings. The Bertz CT molecular complexity index is 305. The minimum absolute atomic E-state index is 0.113. The van der Waals surface area contributed by atoms with Gasteiger partial charge in [0.2, 0.25) is 0 Å². The lowest BCUT2D eigenvalue weighted by Crippen LogP contribution is -2.22. The van der Waals surface area contributed by atoms with Crippen molar-refractivity contribution in [2.24, 2.45) is 5.92 Å². The second kappa shape index (κ2) is 5.38. The molecule has 1 atom stereocenters. The van der Waals surface area contributed by atoms with Crippen LogP contribution in [-0.2, 0) is 6.42 Å². The normalized spacial score (nSPS) is 13.6. The Morgan fingerprint density at radius 2 is 1.69 bits per heavy atom. The van der Waals surface area contributed by atoms with Gasteiger partial charge in [-0.25, -0.2) is 0 Å². The van der Waals surface area contributed by atoms with E-state index in [1.165, 1.54) is 12.0 Å². The molecule has 0 aliphatic carbocycles. The molecular weight excluding hydrogens is 196 g/mol. The van der Waals surface area contributed by atoms with Crippen LogP contribution < -0.4 is 4.74 Å². The Labute approximate surface area is 99.8 Å². The number of rotatable bonds is 4. The number of benzene rings is 1. The number of ether oxygens (including phenoxy) is 1. The molecular formula is C15H24O. The zero-order valence-electron chi connectivity index (χ0n) is 11.2. The van der Waals surface area contributed by atoms with Crippen LogP contribution >= 0.6 is 0 Å². The second-order valence-corrected chi connectivity index (χ2v) is 5.58. The third-order valence-corrected chi connectivity index (χ3v) is 2.63. The van der Waals surface area contributed by atoms with Gasteiger partial charge in [0, 0.05) is 0 Å². The Morgan fingerprint density at radius 3 is 2.12 bits per heavy atom. The van der Waals surface area contributed by atoms with Gasteiger partial charge < -0.3 is 4.74 Å². The van der Waals surface area contributed by atoms with Crippen LogP contribution in [0.15, 0.2) is 24.3 Å². The third kappa shape index (κ3) is 4.69. The molecule has 1 heteroatoms. The van der Waals surface area contributed by atoms with E-state index >= 15 is 0 Å². The maximum absolute atomic E-state index is 5.79. The molecule has 0 saturated heterocycles. The van der Waals surface area contributed by atoms with Gasteiger partial charge in [-0.3, -0.25) is 0 Å². The molecule has 0 saturated carbocycles. The third-order valence-electron chi connectivity index (χ3n) is 2.63. The van der Waals surface area contributed by atoms with Gasteiger partial charge in [0.1, 0.15) is 11.4 Å². The monoisotopic (exact) mass is 220 g/mol. The summed E-state index contributed by atoms with van der Waals surface area (Å²) < 4.78 is 5.79. The molecule has 0 aliphatic heterocycles. The van der Waals surface area contributed by atoms with Gasteiger partial charge in [0.25, 0.3) is 0 Å². The summed E-state index contributed by atoms with van der Waals surface area (Å²) in [5.74, 6) is 1.72. The van der Waals surface area contributed by atoms with E-state index < -0.39 is 0 Å². The van der Waals surface area contributed by atoms with Crippen molar-refractivity contribution in [2.75, 3.05) is 0 Å². The zero-order chi connectivity index (χ0) is 12.2. The van der Waals surface area contributed by atoms with Crippen LogP contribution in [0.2, 0.25) is 0 Å². The Kier molecular flexibility index (Phi) is 4.40. The summed E-state index contributed by atoms with van der Waals surface area (Å²) in [4.78, 5) is 0. The van der Waals surface area contributed by atoms with Crippen molar-refractivity contribution in [3.8, 4) is 5.75 Å². The van der Waals surface area contributed by atoms with Gasteiger partial charge in [-0.05, 0) is 50.8 Å². The van der Waals surface area contributed by atoms with Crippen molar-refractivity contribution in [3.63, 3.8) is 0 Å². The molecule has 1 unspecified atom stereocenters. The van der Waals surface area contributed by atoms with Crippen LogP contribution in [0, 0.1) is 5.92 Å². The molecule has 1 rings (SSSR count). The predicted molar refractivity (Wildman–Crippen MR) is 70.0 cm³/mol. The minimum Gasteiger partial charge on any atom is -0.488 e. The quantitative estimate of drug-likeness (QED) is 0.728. The van der Waals surface area contributed by atoms with Crippen molar-refractivity contribution < 1.29 is 4.74 Å². The van der Waals surface area contributed by atoms with Crippen molar-refractivity contribution in [2.45, 2.75) is 53.1 Å². The summed E-state index contributed by atoms with van der Waals surface area (Å²) in [5, 5.41) is 0. The van der Waals surface area contributed by atoms with E-state index in [-0.39, 0.29) is 5.60 Å². The van der Waals surface area contributed by atoms with E-state index in [1.54, 1.807) is 0 Å². The van der Waals surface area contributed by atoms with E-state index in [9.17, 15) is 0 Å². The second-order valence-electron chi connectivity index (χ2n) is 5.58. The maximum Gasteiger partial charge on any atom is 0.120 e. The molecule has 1 aromatic carbocycles. The lowest BCUT2D eigenvalue weighted by molar-refractivity contribution is 0.131. The molecule has 0 aliphatic rings. The summed E-state index contributed by atoms with van der Waals surface area (Å²) >= 11 is 0. The standard InChI is InChI=1S/C15H24O/c1-6-12(2)11-13-7-9-14(10-8-13)16-15(3,4)5/h7-10,12H,6,11H2,1-5H3. The fraction of sp³-hybridized carbons (Fsp3) is 0.600. The Morgan fingerprint density at radius 1 is 1.12 bits per heavy atom. The van der Waals surface area contributed by atoms with E-state index in [0.717, 1.165) is 18.1 Å². The molecule has 0 amide bonds. The van der Waals surface area contributed by atoms with Gasteiger partial charge in [-0.1, -0.05) is 32.4 Å². The summed E-state index contributed by atoms with van der Waals surface area (Å²) in [6, 6.07) is 8.49. The maximum atomic E-state index is 5.79. The van der Waals surface area contributed by atoms with Crippen LogP contribution in [0.4, 0.5) is 0 Å². The van der Waals surface area contributed by atoms with Crippen molar-refractivity contribution in [3.05, 3.63) is 29.8 Å². The summed E-state index contributed by atoms with van der Waals surface area (Å²) in [6.45, 7) is 10.7. The highest BCUT2D eigenvalue weighted by Crippen LogP contribution is 2.20. The van der Waals surface area contributed by atoms with Gasteiger partial charge in [0.15, 0.2) is 0 Å². The minimum atomic E-state index is -0.113. The SMILES string of the molecule is CCC(C)Cc1ccc(OC(C)(C)C)cc1. The van der Waals surface area contributed by atoms with Crippen molar-refractivity contribution in [1.82, 2.24) is 0 Å². The highest BCUT2D eigenvalue weighted by molar-refractivity contribution is 5.28. The van der Waals surface area contributed by atoms with Crippen molar-refractivity contribution in [1.29, 1.82) is 0 Å². The molecule has 90 valence electrons. The summed E-state index contributed by atoms with van der Waals surface area (Å²) in [6.07, 6.45) is 2.40. The fourth-order valence-corrected chi connectivity index (χ4v) is 1.59. The smallest absolute Gasteiger partial charge is 0.120 e. The first-order valence-electron chi connectivity index (χ1n) is 6.18. The fourth-order valence-electron chi connectivity index (χ4n) is 1.59. The van der Waals surface area contributed by atoms with E-state index in [0.29, 0.717) is 0 Å². The molecule has 0 bridgehead atoms. The van der Waals surface area contributed by atoms with E-state index in [2.05, 4.69) is 58.9 Å². The molecule has 0 aromatic heterocycles. The molecule has 0 radical (unpaired) electrons. The van der Waals surface area contributed by atoms with Gasteiger partial charge in [-0.2, -0.15) is 0 Å². The summed E-state index contributed by atoms with van der Waals surface area (Å²) in [5.41, 5.74) is 1.29. The lowest BCUT2D eigenvalue weighted by atomic mass is 9.99. The average Bonchev–Trinajstić information content (AvgIpc) is 2.18. The van der Waals surface area contributed by atoms with Crippen LogP contribution in [-0.4, -0.2) is 5.60 Å². The van der Waals surface area contributed by atoms with Crippen LogP contribution in [0.25, 0.3) is 0 Å². The number of hydrogen-bond donors (Lipinski definition) is 0. The van der Waals surface area contributed by atoms with Crippen LogP contribution in [0.1, 0.15) is 46.6 Å². The van der Waals surface area contributed by atoms with E-state index in [4.69, 9.17) is 4.74 Å². The largest absolute Gasteiger partial charge is 0.488 e. The van der Waals surface area contributed by atoms with Crippen LogP contribution in [0.3, 0.4) is 0 Å². The molecule has 0 N–H and O–H groups in total. The lowest BCUT2D eigenvalue weighted by Gasteiger charge is -2.21. The summed E-state index contributed by atoms with van der Waals surface area (Å²) in [7, 11) is 0. The predicted octanol–water partition coefficient (Wildman–Crippen LogP) is 4.45. The number of hydrogen-bond acceptors (Lipinski definition) is 1. The Hall–Kier alpha value is -0.980. The van der Waals surface area contributed by atoms with Crippen LogP contribution in [0.5, 0.6) is 5.75 Å². The highest BCUT2D eigenvalue weighted by atomic mass is 16.5. The average molecular weight is 220 g/mol. The molecule has 16 heavy (non-hydrogen) atoms. The molecule has 1 nitrogen and oxygen atoms in total. The zero-order valence-corrected chi connectivity index (χ0v) is 11.2. The first-order valence-corrected chi connectivity index (χ1v) is 6.18. The molecule has 0 spiro atoms. The highest BCUT2D eigenvalue weighted by Gasteiger charge is 2.11. The van der Waals surface area contributed by atoms with Gasteiger partial charge in [0.05, 0.1) is 0 Å². The van der Waals surface area contributed by atoms with Crippen molar-refractivity contribution >= 4 is 0 Å². The topological polar surface area (TPSA) is 9.23 Å². The first kappa shape index (κ1) is 13.1. The molecule has 0 heterocycles. The van der Waals surface area contributed by atoms with Gasteiger partial charge in [-0.15, -0.1) is 0 Å². The molecule has 1 aromatic rings. The Balaban J connectivity index is 2.61.